The lowest BCUT2D eigenvalue weighted by molar-refractivity contribution is -0.138. The van der Waals surface area contributed by atoms with E-state index in [2.05, 4.69) is 20.6 Å². The highest BCUT2D eigenvalue weighted by Crippen LogP contribution is 2.20. The molecule has 4 rings (SSSR count). The van der Waals surface area contributed by atoms with Crippen molar-refractivity contribution in [3.05, 3.63) is 42.1 Å². The number of carbonyl (C=O) groups is 5. The molecule has 15 heteroatoms. The molecule has 0 saturated carbocycles. The van der Waals surface area contributed by atoms with Crippen LogP contribution in [0.2, 0.25) is 0 Å². The zero-order valence-corrected chi connectivity index (χ0v) is 24.5. The van der Waals surface area contributed by atoms with E-state index in [1.54, 1.807) is 6.92 Å². The van der Waals surface area contributed by atoms with Gasteiger partial charge in [0.2, 0.25) is 5.91 Å². The lowest BCUT2D eigenvalue weighted by Crippen LogP contribution is -2.56. The second-order valence-corrected chi connectivity index (χ2v) is 9.92. The fourth-order valence-corrected chi connectivity index (χ4v) is 4.70. The van der Waals surface area contributed by atoms with Crippen LogP contribution in [0.25, 0.3) is 11.4 Å². The fraction of sp³-hybridized carbons (Fsp3) is 0.483. The Labute approximate surface area is 254 Å². The predicted octanol–water partition coefficient (Wildman–Crippen LogP) is 1.70. The van der Waals surface area contributed by atoms with Crippen LogP contribution in [-0.4, -0.2) is 118 Å². The number of hydrogen-bond donors (Lipinski definition) is 4. The predicted molar refractivity (Wildman–Crippen MR) is 157 cm³/mol. The molecule has 3 amide bonds. The molecule has 1 aromatic heterocycles. The van der Waals surface area contributed by atoms with E-state index in [-0.39, 0.29) is 63.9 Å². The normalized spacial score (nSPS) is 16.6. The Bertz CT molecular complexity index is 1270. The van der Waals surface area contributed by atoms with Crippen molar-refractivity contribution in [3.8, 4) is 11.4 Å². The van der Waals surface area contributed by atoms with E-state index in [9.17, 15) is 24.3 Å². The highest BCUT2D eigenvalue weighted by Gasteiger charge is 2.31. The molecule has 2 aliphatic rings. The van der Waals surface area contributed by atoms with Gasteiger partial charge in [0, 0.05) is 57.4 Å². The van der Waals surface area contributed by atoms with Crippen LogP contribution in [0.4, 0.5) is 10.6 Å². The Morgan fingerprint density at radius 2 is 1.80 bits per heavy atom. The largest absolute Gasteiger partial charge is 0.483 e. The molecule has 1 unspecified atom stereocenters. The van der Waals surface area contributed by atoms with Crippen molar-refractivity contribution in [1.29, 1.82) is 0 Å². The van der Waals surface area contributed by atoms with Gasteiger partial charge in [0.25, 0.3) is 12.4 Å². The van der Waals surface area contributed by atoms with Crippen molar-refractivity contribution in [2.24, 2.45) is 0 Å². The smallest absolute Gasteiger partial charge is 0.409 e. The molecule has 0 aliphatic carbocycles. The number of aliphatic carboxylic acids is 1. The molecule has 15 nitrogen and oxygen atoms in total. The Morgan fingerprint density at radius 1 is 1.11 bits per heavy atom. The second kappa shape index (κ2) is 17.4. The van der Waals surface area contributed by atoms with Gasteiger partial charge in [-0.05, 0) is 26.2 Å². The molecular formula is C29H38N6O9. The highest BCUT2D eigenvalue weighted by molar-refractivity contribution is 5.97. The molecule has 238 valence electrons. The SMILES string of the molecule is CCOC(=O)N1CCN(C(=O)[C@H](CCC(=O)O)NC(=O)c2cc(NCC3CCCO3)nc(-c3ccccc3)n2)CC1.O=CO. The minimum absolute atomic E-state index is 0.0361. The number of amides is 3. The Hall–Kier alpha value is -4.79. The van der Waals surface area contributed by atoms with E-state index in [0.29, 0.717) is 30.4 Å². The first-order valence-electron chi connectivity index (χ1n) is 14.4. The molecule has 3 heterocycles. The molecule has 2 fully saturated rings. The van der Waals surface area contributed by atoms with Gasteiger partial charge < -0.3 is 40.1 Å². The van der Waals surface area contributed by atoms with Crippen molar-refractivity contribution in [2.45, 2.75) is 44.8 Å². The number of hydrogen-bond acceptors (Lipinski definition) is 10. The van der Waals surface area contributed by atoms with E-state index in [1.165, 1.54) is 15.9 Å². The molecule has 2 aromatic rings. The lowest BCUT2D eigenvalue weighted by atomic mass is 10.1. The van der Waals surface area contributed by atoms with Crippen LogP contribution in [0.1, 0.15) is 43.1 Å². The Morgan fingerprint density at radius 3 is 2.41 bits per heavy atom. The standard InChI is InChI=1S/C28H36N6O7.CH2O2/c1-2-40-28(39)34-14-12-33(13-15-34)27(38)21(10-11-24(35)36)31-26(37)22-17-23(29-18-20-9-6-16-41-20)32-25(30-22)19-7-4-3-5-8-19;2-1-3/h3-5,7-8,17,20-21H,2,6,9-16,18H2,1H3,(H,31,37)(H,35,36)(H,29,30,32);1H,(H,2,3)/t20?,21-;/m0./s1. The van der Waals surface area contributed by atoms with Gasteiger partial charge in [0.15, 0.2) is 5.82 Å². The summed E-state index contributed by atoms with van der Waals surface area (Å²) in [6, 6.07) is 9.62. The van der Waals surface area contributed by atoms with Gasteiger partial charge in [-0.2, -0.15) is 0 Å². The van der Waals surface area contributed by atoms with Gasteiger partial charge in [0.1, 0.15) is 17.6 Å². The molecule has 0 bridgehead atoms. The number of piperazine rings is 1. The van der Waals surface area contributed by atoms with Gasteiger partial charge in [0.05, 0.1) is 12.7 Å². The minimum Gasteiger partial charge on any atom is -0.483 e. The summed E-state index contributed by atoms with van der Waals surface area (Å²) in [6.45, 7) is 3.97. The summed E-state index contributed by atoms with van der Waals surface area (Å²) in [5.74, 6) is -1.37. The van der Waals surface area contributed by atoms with E-state index in [4.69, 9.17) is 19.4 Å². The Balaban J connectivity index is 0.00000169. The van der Waals surface area contributed by atoms with Crippen molar-refractivity contribution in [3.63, 3.8) is 0 Å². The zero-order chi connectivity index (χ0) is 31.9. The number of carboxylic acid groups (broad SMARTS) is 2. The number of carboxylic acids is 1. The summed E-state index contributed by atoms with van der Waals surface area (Å²) >= 11 is 0. The fourth-order valence-electron chi connectivity index (χ4n) is 4.70. The number of nitrogens with zero attached hydrogens (tertiary/aromatic N) is 4. The maximum atomic E-state index is 13.5. The third-order valence-electron chi connectivity index (χ3n) is 6.89. The number of carbonyl (C=O) groups excluding carboxylic acids is 3. The van der Waals surface area contributed by atoms with Crippen LogP contribution in [0, 0.1) is 0 Å². The second-order valence-electron chi connectivity index (χ2n) is 9.92. The summed E-state index contributed by atoms with van der Waals surface area (Å²) in [7, 11) is 0. The maximum Gasteiger partial charge on any atom is 0.409 e. The molecular weight excluding hydrogens is 576 g/mol. The van der Waals surface area contributed by atoms with E-state index in [1.807, 2.05) is 30.3 Å². The quantitative estimate of drug-likeness (QED) is 0.267. The van der Waals surface area contributed by atoms with Gasteiger partial charge >= 0.3 is 12.1 Å². The summed E-state index contributed by atoms with van der Waals surface area (Å²) in [6.07, 6.45) is 1.11. The third kappa shape index (κ3) is 10.2. The first-order chi connectivity index (χ1) is 21.2. The lowest BCUT2D eigenvalue weighted by Gasteiger charge is -2.35. The molecule has 2 atom stereocenters. The van der Waals surface area contributed by atoms with E-state index >= 15 is 0 Å². The number of rotatable bonds is 11. The first kappa shape index (κ1) is 33.7. The first-order valence-corrected chi connectivity index (χ1v) is 14.4. The van der Waals surface area contributed by atoms with Crippen LogP contribution in [0.5, 0.6) is 0 Å². The van der Waals surface area contributed by atoms with Crippen molar-refractivity contribution < 1.29 is 43.7 Å². The molecule has 2 saturated heterocycles. The average molecular weight is 615 g/mol. The van der Waals surface area contributed by atoms with Crippen LogP contribution in [0.3, 0.4) is 0 Å². The van der Waals surface area contributed by atoms with Gasteiger partial charge in [-0.25, -0.2) is 14.8 Å². The number of aromatic nitrogens is 2. The number of ether oxygens (including phenoxy) is 2. The average Bonchev–Trinajstić information content (AvgIpc) is 3.56. The number of anilines is 1. The number of benzene rings is 1. The Kier molecular flexibility index (Phi) is 13.3. The zero-order valence-electron chi connectivity index (χ0n) is 24.5. The molecule has 1 aromatic carbocycles. The van der Waals surface area contributed by atoms with Crippen molar-refractivity contribution >= 4 is 36.2 Å². The van der Waals surface area contributed by atoms with Crippen LogP contribution < -0.4 is 10.6 Å². The van der Waals surface area contributed by atoms with Crippen LogP contribution in [-0.2, 0) is 23.9 Å². The van der Waals surface area contributed by atoms with Crippen molar-refractivity contribution in [1.82, 2.24) is 25.1 Å². The third-order valence-corrected chi connectivity index (χ3v) is 6.89. The van der Waals surface area contributed by atoms with Crippen molar-refractivity contribution in [2.75, 3.05) is 51.3 Å². The summed E-state index contributed by atoms with van der Waals surface area (Å²) in [5.41, 5.74) is 0.745. The van der Waals surface area contributed by atoms with Gasteiger partial charge in [-0.3, -0.25) is 19.2 Å². The maximum absolute atomic E-state index is 13.5. The highest BCUT2D eigenvalue weighted by atomic mass is 16.6. The van der Waals surface area contributed by atoms with Crippen LogP contribution >= 0.6 is 0 Å². The minimum atomic E-state index is -1.09. The van der Waals surface area contributed by atoms with E-state index in [0.717, 1.165) is 12.8 Å². The number of nitrogens with one attached hydrogen (secondary N) is 2. The van der Waals surface area contributed by atoms with E-state index < -0.39 is 29.9 Å². The summed E-state index contributed by atoms with van der Waals surface area (Å²) < 4.78 is 10.7. The monoisotopic (exact) mass is 614 g/mol. The van der Waals surface area contributed by atoms with Gasteiger partial charge in [-0.15, -0.1) is 0 Å². The topological polar surface area (TPSA) is 201 Å². The summed E-state index contributed by atoms with van der Waals surface area (Å²) in [4.78, 5) is 70.6. The molecule has 2 aliphatic heterocycles. The molecule has 4 N–H and O–H groups in total. The molecule has 0 radical (unpaired) electrons. The molecule has 0 spiro atoms. The summed E-state index contributed by atoms with van der Waals surface area (Å²) in [5, 5.41) is 22.1. The van der Waals surface area contributed by atoms with Crippen LogP contribution in [0.15, 0.2) is 36.4 Å². The molecule has 44 heavy (non-hydrogen) atoms. The van der Waals surface area contributed by atoms with Gasteiger partial charge in [-0.1, -0.05) is 30.3 Å².